The van der Waals surface area contributed by atoms with E-state index in [0.717, 1.165) is 57.8 Å². The highest BCUT2D eigenvalue weighted by Gasteiger charge is 2.07. The Kier molecular flexibility index (Phi) is 42.4. The van der Waals surface area contributed by atoms with Crippen molar-refractivity contribution in [1.82, 2.24) is 0 Å². The smallest absolute Gasteiger partial charge is 0.306 e. The lowest BCUT2D eigenvalue weighted by Gasteiger charge is -2.11. The summed E-state index contributed by atoms with van der Waals surface area (Å²) in [6.45, 7) is 14.0. The zero-order valence-electron chi connectivity index (χ0n) is 39.5. The SMILES string of the molecule is CCCCCCCC/C=C\CCCCCCCC(=O)OC/C(=C\CC(C)/C=C/COC(=O)CCCCCCCCCCCCCCC)CC/C=C(\C)CCC=C(C)C. The molecule has 336 valence electrons. The fourth-order valence-electron chi connectivity index (χ4n) is 7.23. The van der Waals surface area contributed by atoms with Crippen LogP contribution in [0.1, 0.15) is 253 Å². The highest BCUT2D eigenvalue weighted by atomic mass is 16.5. The van der Waals surface area contributed by atoms with Crippen molar-refractivity contribution in [2.24, 2.45) is 5.92 Å². The van der Waals surface area contributed by atoms with Crippen LogP contribution in [0.15, 0.2) is 59.3 Å². The fourth-order valence-corrected chi connectivity index (χ4v) is 7.23. The second-order valence-corrected chi connectivity index (χ2v) is 17.6. The van der Waals surface area contributed by atoms with E-state index in [0.29, 0.717) is 32.0 Å². The maximum Gasteiger partial charge on any atom is 0.306 e. The second-order valence-electron chi connectivity index (χ2n) is 17.6. The van der Waals surface area contributed by atoms with Crippen molar-refractivity contribution in [3.05, 3.63) is 59.3 Å². The fraction of sp³-hybridized carbons (Fsp3) is 0.778. The van der Waals surface area contributed by atoms with Gasteiger partial charge in [0.2, 0.25) is 0 Å². The van der Waals surface area contributed by atoms with Gasteiger partial charge in [-0.1, -0.05) is 203 Å². The lowest BCUT2D eigenvalue weighted by Crippen LogP contribution is -2.08. The van der Waals surface area contributed by atoms with Gasteiger partial charge in [-0.2, -0.15) is 0 Å². The van der Waals surface area contributed by atoms with Crippen LogP contribution in [0.2, 0.25) is 0 Å². The summed E-state index contributed by atoms with van der Waals surface area (Å²) in [5, 5.41) is 0. The van der Waals surface area contributed by atoms with Crippen molar-refractivity contribution in [1.29, 1.82) is 0 Å². The standard InChI is InChI=1S/C54H96O4/c1-7-9-11-13-15-17-19-21-22-24-26-28-30-32-34-44-54(56)58-48-52(42-36-40-50(5)39-35-38-49(3)4)46-45-51(6)41-37-47-57-53(55)43-33-31-29-27-25-23-20-18-16-14-12-10-8-2/h21-22,37-38,40-41,46,51H,7-20,23-36,39,42-45,47-48H2,1-6H3/b22-21-,41-37+,50-40+,52-46-. The van der Waals surface area contributed by atoms with Crippen LogP contribution in [-0.4, -0.2) is 25.2 Å². The van der Waals surface area contributed by atoms with E-state index in [4.69, 9.17) is 9.47 Å². The molecule has 0 aromatic rings. The second kappa shape index (κ2) is 44.2. The molecule has 0 aromatic carbocycles. The monoisotopic (exact) mass is 809 g/mol. The number of unbranched alkanes of at least 4 members (excludes halogenated alkanes) is 23. The van der Waals surface area contributed by atoms with E-state index >= 15 is 0 Å². The molecule has 0 bridgehead atoms. The molecule has 0 aliphatic rings. The van der Waals surface area contributed by atoms with E-state index in [9.17, 15) is 9.59 Å². The molecule has 4 nitrogen and oxygen atoms in total. The van der Waals surface area contributed by atoms with Gasteiger partial charge in [-0.15, -0.1) is 0 Å². The van der Waals surface area contributed by atoms with Crippen molar-refractivity contribution in [2.45, 2.75) is 253 Å². The lowest BCUT2D eigenvalue weighted by atomic mass is 10.0. The quantitative estimate of drug-likeness (QED) is 0.0350. The van der Waals surface area contributed by atoms with Crippen LogP contribution in [0, 0.1) is 5.92 Å². The van der Waals surface area contributed by atoms with Crippen molar-refractivity contribution in [2.75, 3.05) is 13.2 Å². The molecule has 0 aliphatic carbocycles. The van der Waals surface area contributed by atoms with E-state index in [-0.39, 0.29) is 11.9 Å². The number of rotatable bonds is 42. The van der Waals surface area contributed by atoms with Crippen LogP contribution < -0.4 is 0 Å². The van der Waals surface area contributed by atoms with Gasteiger partial charge >= 0.3 is 11.9 Å². The molecule has 58 heavy (non-hydrogen) atoms. The minimum Gasteiger partial charge on any atom is -0.461 e. The van der Waals surface area contributed by atoms with E-state index in [2.05, 4.69) is 78.0 Å². The normalized spacial score (nSPS) is 12.8. The summed E-state index contributed by atoms with van der Waals surface area (Å²) >= 11 is 0. The number of hydrogen-bond acceptors (Lipinski definition) is 4. The molecule has 0 saturated carbocycles. The number of hydrogen-bond donors (Lipinski definition) is 0. The molecule has 0 spiro atoms. The van der Waals surface area contributed by atoms with Crippen LogP contribution in [0.4, 0.5) is 0 Å². The van der Waals surface area contributed by atoms with Gasteiger partial charge in [0.25, 0.3) is 0 Å². The van der Waals surface area contributed by atoms with Crippen LogP contribution >= 0.6 is 0 Å². The van der Waals surface area contributed by atoms with Gasteiger partial charge in [-0.25, -0.2) is 0 Å². The Balaban J connectivity index is 4.42. The molecule has 0 amide bonds. The minimum absolute atomic E-state index is 0.0782. The highest BCUT2D eigenvalue weighted by Crippen LogP contribution is 2.17. The van der Waals surface area contributed by atoms with Crippen LogP contribution in [0.25, 0.3) is 0 Å². The third kappa shape index (κ3) is 43.2. The molecule has 0 N–H and O–H groups in total. The average molecular weight is 809 g/mol. The molecular weight excluding hydrogens is 713 g/mol. The van der Waals surface area contributed by atoms with E-state index in [1.807, 2.05) is 6.08 Å². The van der Waals surface area contributed by atoms with Gasteiger partial charge in [0.05, 0.1) is 0 Å². The summed E-state index contributed by atoms with van der Waals surface area (Å²) in [6.07, 6.45) is 54.9. The Morgan fingerprint density at radius 1 is 0.466 bits per heavy atom. The van der Waals surface area contributed by atoms with Gasteiger partial charge in [0.15, 0.2) is 0 Å². The third-order valence-corrected chi connectivity index (χ3v) is 11.2. The topological polar surface area (TPSA) is 52.6 Å². The van der Waals surface area contributed by atoms with Crippen LogP contribution in [-0.2, 0) is 19.1 Å². The van der Waals surface area contributed by atoms with Crippen molar-refractivity contribution >= 4 is 11.9 Å². The molecule has 0 aliphatic heterocycles. The maximum atomic E-state index is 12.7. The first-order valence-electron chi connectivity index (χ1n) is 24.9. The Bertz CT molecular complexity index is 1090. The maximum absolute atomic E-state index is 12.7. The number of ether oxygens (including phenoxy) is 2. The summed E-state index contributed by atoms with van der Waals surface area (Å²) in [6, 6.07) is 0. The Labute approximate surface area is 361 Å². The molecule has 0 aromatic heterocycles. The molecule has 1 atom stereocenters. The van der Waals surface area contributed by atoms with E-state index < -0.39 is 0 Å². The molecule has 0 saturated heterocycles. The van der Waals surface area contributed by atoms with Crippen molar-refractivity contribution < 1.29 is 19.1 Å². The Morgan fingerprint density at radius 3 is 1.41 bits per heavy atom. The highest BCUT2D eigenvalue weighted by molar-refractivity contribution is 5.69. The third-order valence-electron chi connectivity index (χ3n) is 11.2. The average Bonchev–Trinajstić information content (AvgIpc) is 3.20. The molecule has 1 unspecified atom stereocenters. The molecule has 0 rings (SSSR count). The number of allylic oxidation sites excluding steroid dienone is 8. The predicted octanol–water partition coefficient (Wildman–Crippen LogP) is 17.6. The largest absolute Gasteiger partial charge is 0.461 e. The number of carbonyl (C=O) groups excluding carboxylic acids is 2. The van der Waals surface area contributed by atoms with Gasteiger partial charge in [0.1, 0.15) is 13.2 Å². The summed E-state index contributed by atoms with van der Waals surface area (Å²) in [5.41, 5.74) is 3.97. The van der Waals surface area contributed by atoms with Gasteiger partial charge in [-0.05, 0) is 103 Å². The number of carbonyl (C=O) groups is 2. The van der Waals surface area contributed by atoms with Gasteiger partial charge < -0.3 is 9.47 Å². The van der Waals surface area contributed by atoms with Crippen LogP contribution in [0.5, 0.6) is 0 Å². The Morgan fingerprint density at radius 2 is 0.914 bits per heavy atom. The first-order valence-corrected chi connectivity index (χ1v) is 24.9. The zero-order chi connectivity index (χ0) is 42.6. The predicted molar refractivity (Wildman–Crippen MR) is 254 cm³/mol. The first-order chi connectivity index (χ1) is 28.3. The first kappa shape index (κ1) is 55.6. The molecule has 4 heteroatoms. The molecular formula is C54H96O4. The molecule has 0 fully saturated rings. The van der Waals surface area contributed by atoms with E-state index in [1.165, 1.54) is 158 Å². The zero-order valence-corrected chi connectivity index (χ0v) is 39.5. The Hall–Kier alpha value is -2.36. The minimum atomic E-state index is -0.0876. The van der Waals surface area contributed by atoms with Gasteiger partial charge in [-0.3, -0.25) is 9.59 Å². The van der Waals surface area contributed by atoms with Crippen LogP contribution in [0.3, 0.4) is 0 Å². The van der Waals surface area contributed by atoms with E-state index in [1.54, 1.807) is 0 Å². The summed E-state index contributed by atoms with van der Waals surface area (Å²) < 4.78 is 11.3. The summed E-state index contributed by atoms with van der Waals surface area (Å²) in [7, 11) is 0. The molecule has 0 heterocycles. The summed E-state index contributed by atoms with van der Waals surface area (Å²) in [5.74, 6) is 0.142. The lowest BCUT2D eigenvalue weighted by molar-refractivity contribution is -0.143. The summed E-state index contributed by atoms with van der Waals surface area (Å²) in [4.78, 5) is 24.9. The van der Waals surface area contributed by atoms with Crippen molar-refractivity contribution in [3.63, 3.8) is 0 Å². The van der Waals surface area contributed by atoms with Gasteiger partial charge in [0, 0.05) is 12.8 Å². The molecule has 0 radical (unpaired) electrons. The number of esters is 2. The van der Waals surface area contributed by atoms with Crippen molar-refractivity contribution in [3.8, 4) is 0 Å².